The highest BCUT2D eigenvalue weighted by Gasteiger charge is 2.54. The molecule has 2 atom stereocenters. The second kappa shape index (κ2) is 5.64. The van der Waals surface area contributed by atoms with Crippen LogP contribution in [0.5, 0.6) is 5.75 Å². The molecule has 0 radical (unpaired) electrons. The van der Waals surface area contributed by atoms with Gasteiger partial charge in [-0.3, -0.25) is 0 Å². The van der Waals surface area contributed by atoms with E-state index in [2.05, 4.69) is 91.0 Å². The van der Waals surface area contributed by atoms with Crippen molar-refractivity contribution in [2.24, 2.45) is 5.92 Å². The predicted octanol–water partition coefficient (Wildman–Crippen LogP) is 4.83. The van der Waals surface area contributed by atoms with Crippen molar-refractivity contribution < 1.29 is 9.15 Å². The van der Waals surface area contributed by atoms with Gasteiger partial charge in [0.05, 0.1) is 5.92 Å². The maximum Gasteiger partial charge on any atom is 0.171 e. The Kier molecular flexibility index (Phi) is 3.02. The lowest BCUT2D eigenvalue weighted by Gasteiger charge is -2.40. The van der Waals surface area contributed by atoms with Crippen LogP contribution in [0, 0.1) is 5.92 Å². The standard InChI is InChI=1S/C28H18O2/c1-2-10-18(11-3-1)28-22-15-7-4-12-19(22)27-25(20-13-5-8-16-23(20)29-27)26(28)21-14-6-9-17-24(21)30-28/h1-17,22H/t22-,28-/m0/s1. The highest BCUT2D eigenvalue weighted by Crippen LogP contribution is 2.56. The second-order valence-corrected chi connectivity index (χ2v) is 8.05. The Morgan fingerprint density at radius 3 is 2.50 bits per heavy atom. The Morgan fingerprint density at radius 1 is 0.767 bits per heavy atom. The van der Waals surface area contributed by atoms with Crippen molar-refractivity contribution >= 4 is 22.1 Å². The monoisotopic (exact) mass is 386 g/mol. The van der Waals surface area contributed by atoms with Crippen molar-refractivity contribution in [3.63, 3.8) is 0 Å². The lowest BCUT2D eigenvalue weighted by molar-refractivity contribution is 0.119. The Bertz CT molecular complexity index is 1520. The van der Waals surface area contributed by atoms with E-state index in [1.54, 1.807) is 0 Å². The van der Waals surface area contributed by atoms with Crippen LogP contribution in [0.3, 0.4) is 0 Å². The zero-order chi connectivity index (χ0) is 19.7. The van der Waals surface area contributed by atoms with Crippen LogP contribution in [0.1, 0.15) is 11.1 Å². The first-order chi connectivity index (χ1) is 14.9. The first-order valence-corrected chi connectivity index (χ1v) is 10.3. The van der Waals surface area contributed by atoms with Crippen molar-refractivity contribution in [1.82, 2.24) is 0 Å². The summed E-state index contributed by atoms with van der Waals surface area (Å²) in [6.45, 7) is 0. The molecule has 2 nitrogen and oxygen atoms in total. The molecule has 142 valence electrons. The van der Waals surface area contributed by atoms with Crippen LogP contribution < -0.4 is 15.4 Å². The molecule has 7 rings (SSSR count). The van der Waals surface area contributed by atoms with E-state index in [1.165, 1.54) is 11.1 Å². The quantitative estimate of drug-likeness (QED) is 0.468. The number of benzene rings is 3. The number of ether oxygens (including phenoxy) is 1. The average Bonchev–Trinajstić information content (AvgIpc) is 3.36. The molecule has 0 saturated carbocycles. The van der Waals surface area contributed by atoms with Crippen LogP contribution >= 0.6 is 0 Å². The summed E-state index contributed by atoms with van der Waals surface area (Å²) in [6, 6.07) is 27.3. The van der Waals surface area contributed by atoms with Crippen molar-refractivity contribution in [2.75, 3.05) is 0 Å². The van der Waals surface area contributed by atoms with Gasteiger partial charge < -0.3 is 9.15 Å². The fourth-order valence-corrected chi connectivity index (χ4v) is 5.40. The summed E-state index contributed by atoms with van der Waals surface area (Å²) in [5.41, 5.74) is 5.94. The summed E-state index contributed by atoms with van der Waals surface area (Å²) in [7, 11) is 0. The highest BCUT2D eigenvalue weighted by atomic mass is 16.5. The van der Waals surface area contributed by atoms with Gasteiger partial charge in [0.15, 0.2) is 5.60 Å². The maximum absolute atomic E-state index is 6.94. The minimum absolute atomic E-state index is 0.0281. The number of hydrogen-bond donors (Lipinski definition) is 0. The molecule has 1 aromatic heterocycles. The SMILES string of the molecule is C1=CC2=c3oc4ccccc4c3=C3c4ccccc4O[C@@]3(c3ccccc3)[C@H]2C=C1. The molecule has 0 fully saturated rings. The smallest absolute Gasteiger partial charge is 0.171 e. The first-order valence-electron chi connectivity index (χ1n) is 10.3. The zero-order valence-corrected chi connectivity index (χ0v) is 16.2. The third-order valence-electron chi connectivity index (χ3n) is 6.57. The Labute approximate surface area is 173 Å². The molecule has 2 aliphatic carbocycles. The first kappa shape index (κ1) is 16.1. The summed E-state index contributed by atoms with van der Waals surface area (Å²) in [5.74, 6) is 0.956. The molecule has 3 aliphatic rings. The molecule has 0 unspecified atom stereocenters. The van der Waals surface area contributed by atoms with Gasteiger partial charge >= 0.3 is 0 Å². The number of rotatable bonds is 1. The fraction of sp³-hybridized carbons (Fsp3) is 0.0714. The third kappa shape index (κ3) is 1.84. The van der Waals surface area contributed by atoms with E-state index in [1.807, 2.05) is 12.1 Å². The minimum atomic E-state index is -0.624. The molecule has 2 heterocycles. The summed E-state index contributed by atoms with van der Waals surface area (Å²) in [4.78, 5) is 0. The van der Waals surface area contributed by atoms with Crippen LogP contribution in [0.4, 0.5) is 0 Å². The number of allylic oxidation sites excluding steroid dienone is 3. The van der Waals surface area contributed by atoms with Crippen molar-refractivity contribution in [3.8, 4) is 5.75 Å². The van der Waals surface area contributed by atoms with Gasteiger partial charge in [-0.2, -0.15) is 0 Å². The van der Waals surface area contributed by atoms with E-state index in [0.29, 0.717) is 0 Å². The lowest BCUT2D eigenvalue weighted by Crippen LogP contribution is -2.49. The van der Waals surface area contributed by atoms with Crippen molar-refractivity contribution in [3.05, 3.63) is 125 Å². The van der Waals surface area contributed by atoms with Gasteiger partial charge in [-0.05, 0) is 12.1 Å². The van der Waals surface area contributed by atoms with Gasteiger partial charge in [-0.1, -0.05) is 91.0 Å². The molecule has 3 aromatic carbocycles. The fourth-order valence-electron chi connectivity index (χ4n) is 5.40. The summed E-state index contributed by atoms with van der Waals surface area (Å²) >= 11 is 0. The molecule has 1 aliphatic heterocycles. The van der Waals surface area contributed by atoms with E-state index in [9.17, 15) is 0 Å². The van der Waals surface area contributed by atoms with E-state index >= 15 is 0 Å². The van der Waals surface area contributed by atoms with Crippen LogP contribution in [0.15, 0.2) is 108 Å². The molecular weight excluding hydrogens is 368 g/mol. The third-order valence-corrected chi connectivity index (χ3v) is 6.57. The molecule has 0 bridgehead atoms. The number of para-hydroxylation sites is 2. The van der Waals surface area contributed by atoms with E-state index in [0.717, 1.165) is 38.5 Å². The van der Waals surface area contributed by atoms with Crippen LogP contribution in [-0.2, 0) is 5.60 Å². The largest absolute Gasteiger partial charge is 0.476 e. The number of furan rings is 1. The predicted molar refractivity (Wildman–Crippen MR) is 118 cm³/mol. The molecule has 0 amide bonds. The number of hydrogen-bond acceptors (Lipinski definition) is 2. The normalized spacial score (nSPS) is 23.0. The van der Waals surface area contributed by atoms with Gasteiger partial charge in [0, 0.05) is 32.9 Å². The van der Waals surface area contributed by atoms with Gasteiger partial charge in [0.2, 0.25) is 0 Å². The van der Waals surface area contributed by atoms with Crippen LogP contribution in [-0.4, -0.2) is 0 Å². The van der Waals surface area contributed by atoms with E-state index in [4.69, 9.17) is 9.15 Å². The highest BCUT2D eigenvalue weighted by molar-refractivity contribution is 5.93. The van der Waals surface area contributed by atoms with Crippen LogP contribution in [0.25, 0.3) is 22.1 Å². The molecule has 0 N–H and O–H groups in total. The molecule has 0 saturated heterocycles. The van der Waals surface area contributed by atoms with Gasteiger partial charge in [0.1, 0.15) is 16.7 Å². The average molecular weight is 386 g/mol. The summed E-state index contributed by atoms with van der Waals surface area (Å²) in [6.07, 6.45) is 8.65. The van der Waals surface area contributed by atoms with Gasteiger partial charge in [0.25, 0.3) is 0 Å². The molecule has 2 heteroatoms. The van der Waals surface area contributed by atoms with Crippen LogP contribution in [0.2, 0.25) is 0 Å². The summed E-state index contributed by atoms with van der Waals surface area (Å²) < 4.78 is 13.4. The minimum Gasteiger partial charge on any atom is -0.476 e. The molecular formula is C28H18O2. The maximum atomic E-state index is 6.94. The van der Waals surface area contributed by atoms with Gasteiger partial charge in [-0.25, -0.2) is 0 Å². The second-order valence-electron chi connectivity index (χ2n) is 8.05. The number of fused-ring (bicyclic) bond motifs is 8. The van der Waals surface area contributed by atoms with E-state index < -0.39 is 5.60 Å². The zero-order valence-electron chi connectivity index (χ0n) is 16.2. The Balaban J connectivity index is 1.78. The molecule has 4 aromatic rings. The summed E-state index contributed by atoms with van der Waals surface area (Å²) in [5, 5.41) is 2.29. The van der Waals surface area contributed by atoms with Crippen molar-refractivity contribution in [1.29, 1.82) is 0 Å². The topological polar surface area (TPSA) is 22.4 Å². The Morgan fingerprint density at radius 2 is 1.57 bits per heavy atom. The lowest BCUT2D eigenvalue weighted by atomic mass is 9.67. The molecule has 0 spiro atoms. The van der Waals surface area contributed by atoms with Crippen molar-refractivity contribution in [2.45, 2.75) is 5.60 Å². The van der Waals surface area contributed by atoms with E-state index in [-0.39, 0.29) is 5.92 Å². The molecule has 30 heavy (non-hydrogen) atoms. The van der Waals surface area contributed by atoms with Gasteiger partial charge in [-0.15, -0.1) is 0 Å². The Hall–Kier alpha value is -3.78.